The number of benzene rings is 1. The zero-order chi connectivity index (χ0) is 19.2. The average molecular weight is 386 g/mol. The Morgan fingerprint density at radius 1 is 1.25 bits per heavy atom. The molecule has 9 heteroatoms. The molecule has 0 spiro atoms. The Morgan fingerprint density at radius 3 is 3.00 bits per heavy atom. The second kappa shape index (κ2) is 9.11. The lowest BCUT2D eigenvalue weighted by Crippen LogP contribution is -2.42. The molecular formula is C19H26N6O3. The molecule has 2 aliphatic heterocycles. The maximum atomic E-state index is 12.3. The lowest BCUT2D eigenvalue weighted by molar-refractivity contribution is -0.122. The molecule has 9 nitrogen and oxygen atoms in total. The van der Waals surface area contributed by atoms with Crippen molar-refractivity contribution in [3.8, 4) is 5.75 Å². The van der Waals surface area contributed by atoms with Gasteiger partial charge >= 0.3 is 0 Å². The maximum absolute atomic E-state index is 12.3. The van der Waals surface area contributed by atoms with Crippen LogP contribution in [0.5, 0.6) is 5.75 Å². The van der Waals surface area contributed by atoms with Gasteiger partial charge in [-0.15, -0.1) is 5.10 Å². The Balaban J connectivity index is 1.20. The third-order valence-electron chi connectivity index (χ3n) is 5.09. The van der Waals surface area contributed by atoms with Crippen molar-refractivity contribution in [2.45, 2.75) is 38.4 Å². The maximum Gasteiger partial charge on any atom is 0.220 e. The molecule has 0 radical (unpaired) electrons. The highest BCUT2D eigenvalue weighted by molar-refractivity contribution is 5.76. The Kier molecular flexibility index (Phi) is 6.13. The van der Waals surface area contributed by atoms with Crippen LogP contribution in [-0.2, 0) is 29.0 Å². The van der Waals surface area contributed by atoms with E-state index < -0.39 is 0 Å². The van der Waals surface area contributed by atoms with Crippen molar-refractivity contribution in [3.63, 3.8) is 0 Å². The number of carbonyl (C=O) groups excluding carboxylic acids is 1. The molecular weight excluding hydrogens is 360 g/mol. The molecule has 28 heavy (non-hydrogen) atoms. The minimum absolute atomic E-state index is 0.0207. The topological polar surface area (TPSA) is 94.4 Å². The molecule has 150 valence electrons. The molecule has 0 aliphatic carbocycles. The smallest absolute Gasteiger partial charge is 0.220 e. The quantitative estimate of drug-likeness (QED) is 0.736. The van der Waals surface area contributed by atoms with E-state index in [2.05, 4.69) is 25.7 Å². The molecule has 1 fully saturated rings. The van der Waals surface area contributed by atoms with Gasteiger partial charge in [-0.05, 0) is 34.9 Å². The third kappa shape index (κ3) is 4.85. The highest BCUT2D eigenvalue weighted by Gasteiger charge is 2.21. The molecule has 0 saturated carbocycles. The van der Waals surface area contributed by atoms with E-state index in [0.29, 0.717) is 32.5 Å². The zero-order valence-corrected chi connectivity index (χ0v) is 15.9. The minimum Gasteiger partial charge on any atom is -0.491 e. The van der Waals surface area contributed by atoms with Crippen molar-refractivity contribution < 1.29 is 14.3 Å². The summed E-state index contributed by atoms with van der Waals surface area (Å²) in [4.78, 5) is 14.6. The van der Waals surface area contributed by atoms with E-state index in [0.717, 1.165) is 49.9 Å². The molecule has 1 atom stereocenters. The number of nitrogens with one attached hydrogen (secondary N) is 1. The standard InChI is InChI=1S/C19H26N6O3/c26-19(20-16-12-15-4-1-2-5-17(15)28-14-16)6-3-7-25-18(21-22-23-25)13-24-8-10-27-11-9-24/h1-2,4-5,16H,3,6-14H2,(H,20,26)/t16-/m1/s1. The first-order valence-electron chi connectivity index (χ1n) is 9.83. The number of aromatic nitrogens is 4. The number of hydrogen-bond donors (Lipinski definition) is 1. The summed E-state index contributed by atoms with van der Waals surface area (Å²) in [6.45, 7) is 5.13. The highest BCUT2D eigenvalue weighted by atomic mass is 16.5. The van der Waals surface area contributed by atoms with Crippen LogP contribution in [-0.4, -0.2) is 70.0 Å². The fourth-order valence-electron chi connectivity index (χ4n) is 3.58. The predicted molar refractivity (Wildman–Crippen MR) is 101 cm³/mol. The molecule has 2 aromatic rings. The molecule has 1 N–H and O–H groups in total. The van der Waals surface area contributed by atoms with Crippen molar-refractivity contribution in [2.75, 3.05) is 32.9 Å². The van der Waals surface area contributed by atoms with Gasteiger partial charge in [0.15, 0.2) is 5.82 Å². The van der Waals surface area contributed by atoms with Gasteiger partial charge < -0.3 is 14.8 Å². The summed E-state index contributed by atoms with van der Waals surface area (Å²) >= 11 is 0. The van der Waals surface area contributed by atoms with Crippen molar-refractivity contribution in [1.82, 2.24) is 30.4 Å². The molecule has 1 aromatic carbocycles. The number of ether oxygens (including phenoxy) is 2. The Hall–Kier alpha value is -2.52. The number of para-hydroxylation sites is 1. The monoisotopic (exact) mass is 386 g/mol. The zero-order valence-electron chi connectivity index (χ0n) is 15.9. The van der Waals surface area contributed by atoms with Crippen LogP contribution in [0.2, 0.25) is 0 Å². The molecule has 3 heterocycles. The van der Waals surface area contributed by atoms with Gasteiger partial charge in [-0.25, -0.2) is 4.68 Å². The second-order valence-corrected chi connectivity index (χ2v) is 7.20. The van der Waals surface area contributed by atoms with E-state index in [4.69, 9.17) is 9.47 Å². The summed E-state index contributed by atoms with van der Waals surface area (Å²) < 4.78 is 12.9. The number of carbonyl (C=O) groups is 1. The first-order chi connectivity index (χ1) is 13.8. The fraction of sp³-hybridized carbons (Fsp3) is 0.579. The Labute approximate surface area is 164 Å². The normalized spacial score (nSPS) is 19.6. The van der Waals surface area contributed by atoms with Crippen molar-refractivity contribution in [3.05, 3.63) is 35.7 Å². The van der Waals surface area contributed by atoms with Crippen LogP contribution in [0, 0.1) is 0 Å². The number of fused-ring (bicyclic) bond motifs is 1. The molecule has 1 saturated heterocycles. The predicted octanol–water partition coefficient (Wildman–Crippen LogP) is 0.405. The molecule has 1 aromatic heterocycles. The first kappa shape index (κ1) is 18.8. The van der Waals surface area contributed by atoms with Crippen molar-refractivity contribution in [2.24, 2.45) is 0 Å². The summed E-state index contributed by atoms with van der Waals surface area (Å²) in [5.41, 5.74) is 1.14. The molecule has 2 aliphatic rings. The Morgan fingerprint density at radius 2 is 2.11 bits per heavy atom. The fourth-order valence-corrected chi connectivity index (χ4v) is 3.58. The molecule has 0 unspecified atom stereocenters. The van der Waals surface area contributed by atoms with Gasteiger partial charge in [0.25, 0.3) is 0 Å². The number of rotatable bonds is 7. The van der Waals surface area contributed by atoms with Gasteiger partial charge in [0.1, 0.15) is 12.4 Å². The van der Waals surface area contributed by atoms with Gasteiger partial charge in [-0.3, -0.25) is 9.69 Å². The first-order valence-corrected chi connectivity index (χ1v) is 9.83. The summed E-state index contributed by atoms with van der Waals surface area (Å²) in [5.74, 6) is 1.79. The van der Waals surface area contributed by atoms with Crippen LogP contribution >= 0.6 is 0 Å². The number of tetrazole rings is 1. The summed E-state index contributed by atoms with van der Waals surface area (Å²) in [5, 5.41) is 15.1. The number of nitrogens with zero attached hydrogens (tertiary/aromatic N) is 5. The van der Waals surface area contributed by atoms with E-state index in [1.807, 2.05) is 24.3 Å². The van der Waals surface area contributed by atoms with Crippen LogP contribution in [0.25, 0.3) is 0 Å². The third-order valence-corrected chi connectivity index (χ3v) is 5.09. The number of aryl methyl sites for hydroxylation is 1. The number of amides is 1. The van der Waals surface area contributed by atoms with E-state index >= 15 is 0 Å². The number of morpholine rings is 1. The van der Waals surface area contributed by atoms with Crippen LogP contribution in [0.4, 0.5) is 0 Å². The molecule has 1 amide bonds. The van der Waals surface area contributed by atoms with Gasteiger partial charge in [-0.1, -0.05) is 18.2 Å². The van der Waals surface area contributed by atoms with Crippen molar-refractivity contribution >= 4 is 5.91 Å². The van der Waals surface area contributed by atoms with Gasteiger partial charge in [0.05, 0.1) is 25.8 Å². The van der Waals surface area contributed by atoms with Crippen LogP contribution in [0.1, 0.15) is 24.2 Å². The van der Waals surface area contributed by atoms with Crippen LogP contribution in [0.15, 0.2) is 24.3 Å². The van der Waals surface area contributed by atoms with E-state index in [1.54, 1.807) is 4.68 Å². The van der Waals surface area contributed by atoms with Gasteiger partial charge in [-0.2, -0.15) is 0 Å². The summed E-state index contributed by atoms with van der Waals surface area (Å²) in [7, 11) is 0. The minimum atomic E-state index is 0.0207. The summed E-state index contributed by atoms with van der Waals surface area (Å²) in [6.07, 6.45) is 1.94. The van der Waals surface area contributed by atoms with E-state index in [-0.39, 0.29) is 11.9 Å². The molecule has 4 rings (SSSR count). The largest absolute Gasteiger partial charge is 0.491 e. The summed E-state index contributed by atoms with van der Waals surface area (Å²) in [6, 6.07) is 7.99. The average Bonchev–Trinajstić information content (AvgIpc) is 3.15. The lowest BCUT2D eigenvalue weighted by atomic mass is 10.0. The SMILES string of the molecule is O=C(CCCn1nnnc1CN1CCOCC1)N[C@H]1COc2ccccc2C1. The van der Waals surface area contributed by atoms with Crippen molar-refractivity contribution in [1.29, 1.82) is 0 Å². The Bertz CT molecular complexity index is 789. The molecule has 0 bridgehead atoms. The van der Waals surface area contributed by atoms with Crippen LogP contribution < -0.4 is 10.1 Å². The van der Waals surface area contributed by atoms with Gasteiger partial charge in [0.2, 0.25) is 5.91 Å². The van der Waals surface area contributed by atoms with E-state index in [1.165, 1.54) is 0 Å². The van der Waals surface area contributed by atoms with E-state index in [9.17, 15) is 4.79 Å². The second-order valence-electron chi connectivity index (χ2n) is 7.20. The number of hydrogen-bond acceptors (Lipinski definition) is 7. The van der Waals surface area contributed by atoms with Gasteiger partial charge in [0, 0.05) is 26.1 Å². The highest BCUT2D eigenvalue weighted by Crippen LogP contribution is 2.23. The lowest BCUT2D eigenvalue weighted by Gasteiger charge is -2.26. The van der Waals surface area contributed by atoms with Crippen LogP contribution in [0.3, 0.4) is 0 Å².